The summed E-state index contributed by atoms with van der Waals surface area (Å²) in [6.45, 7) is 4.87. The van der Waals surface area contributed by atoms with Gasteiger partial charge in [0, 0.05) is 52.0 Å². The molecule has 8 aliphatic rings. The molecule has 0 spiro atoms. The molecule has 0 amide bonds. The van der Waals surface area contributed by atoms with E-state index >= 15 is 0 Å². The lowest BCUT2D eigenvalue weighted by atomic mass is 9.77. The average molecular weight is 704 g/mol. The van der Waals surface area contributed by atoms with E-state index in [1.165, 1.54) is 99.9 Å². The van der Waals surface area contributed by atoms with Crippen molar-refractivity contribution in [3.8, 4) is 0 Å². The Balaban J connectivity index is 0.977. The summed E-state index contributed by atoms with van der Waals surface area (Å²) in [6, 6.07) is 10.0. The molecule has 3 nitrogen and oxygen atoms in total. The van der Waals surface area contributed by atoms with Crippen molar-refractivity contribution in [1.29, 1.82) is 0 Å². The Morgan fingerprint density at radius 1 is 0.774 bits per heavy atom. The van der Waals surface area contributed by atoms with Crippen LogP contribution in [0.1, 0.15) is 114 Å². The number of rotatable bonds is 6. The average Bonchev–Trinajstić information content (AvgIpc) is 3.78. The Morgan fingerprint density at radius 2 is 1.64 bits per heavy atom. The van der Waals surface area contributed by atoms with Gasteiger partial charge in [-0.1, -0.05) is 86.2 Å². The summed E-state index contributed by atoms with van der Waals surface area (Å²) in [7, 11) is 0. The summed E-state index contributed by atoms with van der Waals surface area (Å²) in [5.74, 6) is 5.04. The van der Waals surface area contributed by atoms with Crippen molar-refractivity contribution in [2.45, 2.75) is 122 Å². The van der Waals surface area contributed by atoms with Crippen LogP contribution < -0.4 is 15.5 Å². The lowest BCUT2D eigenvalue weighted by Gasteiger charge is -2.40. The van der Waals surface area contributed by atoms with Crippen LogP contribution in [-0.2, 0) is 17.6 Å². The van der Waals surface area contributed by atoms with Crippen LogP contribution in [0, 0.1) is 29.6 Å². The van der Waals surface area contributed by atoms with E-state index in [1.54, 1.807) is 5.57 Å². The minimum atomic E-state index is 0.322. The van der Waals surface area contributed by atoms with E-state index in [1.807, 2.05) is 0 Å². The second-order valence-electron chi connectivity index (χ2n) is 17.5. The smallest absolute Gasteiger partial charge is 0.134 e. The lowest BCUT2D eigenvalue weighted by molar-refractivity contribution is 0.123. The van der Waals surface area contributed by atoms with E-state index in [-0.39, 0.29) is 0 Å². The Bertz CT molecular complexity index is 2110. The number of fused-ring (bicyclic) bond motifs is 5. The van der Waals surface area contributed by atoms with Gasteiger partial charge >= 0.3 is 0 Å². The number of furan rings is 1. The van der Waals surface area contributed by atoms with Gasteiger partial charge in [-0.15, -0.1) is 0 Å². The van der Waals surface area contributed by atoms with Gasteiger partial charge in [-0.2, -0.15) is 0 Å². The molecule has 1 aliphatic heterocycles. The third-order valence-corrected chi connectivity index (χ3v) is 14.0. The number of allylic oxidation sites excluding steroid dienone is 9. The Labute approximate surface area is 317 Å². The minimum absolute atomic E-state index is 0.322. The zero-order chi connectivity index (χ0) is 35.5. The van der Waals surface area contributed by atoms with Crippen LogP contribution in [-0.4, -0.2) is 12.1 Å². The normalized spacial score (nSPS) is 31.7. The molecule has 0 fully saturated rings. The predicted molar refractivity (Wildman–Crippen MR) is 218 cm³/mol. The molecule has 0 radical (unpaired) electrons. The second kappa shape index (κ2) is 14.0. The summed E-state index contributed by atoms with van der Waals surface area (Å²) < 4.78 is 13.4. The van der Waals surface area contributed by atoms with Crippen LogP contribution in [0.2, 0.25) is 0 Å². The van der Waals surface area contributed by atoms with Crippen LogP contribution in [0.15, 0.2) is 106 Å². The van der Waals surface area contributed by atoms with E-state index in [4.69, 9.17) is 9.15 Å². The molecule has 0 bridgehead atoms. The van der Waals surface area contributed by atoms with Gasteiger partial charge in [0.25, 0.3) is 0 Å². The highest BCUT2D eigenvalue weighted by molar-refractivity contribution is 5.81. The summed E-state index contributed by atoms with van der Waals surface area (Å²) in [5.41, 5.74) is 12.7. The molecule has 274 valence electrons. The monoisotopic (exact) mass is 703 g/mol. The van der Waals surface area contributed by atoms with Crippen molar-refractivity contribution in [3.63, 3.8) is 0 Å². The maximum atomic E-state index is 6.71. The summed E-state index contributed by atoms with van der Waals surface area (Å²) in [4.78, 5) is 2.72. The topological polar surface area (TPSA) is 25.6 Å². The molecule has 53 heavy (non-hydrogen) atoms. The third-order valence-electron chi connectivity index (χ3n) is 14.0. The maximum absolute atomic E-state index is 6.71. The molecule has 1 aromatic heterocycles. The van der Waals surface area contributed by atoms with Crippen molar-refractivity contribution in [2.75, 3.05) is 4.90 Å². The first-order valence-electron chi connectivity index (χ1n) is 21.3. The highest BCUT2D eigenvalue weighted by Gasteiger charge is 2.39. The van der Waals surface area contributed by atoms with Crippen LogP contribution in [0.5, 0.6) is 0 Å². The van der Waals surface area contributed by atoms with Crippen LogP contribution in [0.25, 0.3) is 17.2 Å². The minimum Gasteiger partial charge on any atom is -0.489 e. The van der Waals surface area contributed by atoms with Gasteiger partial charge in [0.2, 0.25) is 0 Å². The molecule has 0 N–H and O–H groups in total. The number of anilines is 1. The molecular weight excluding hydrogens is 647 g/mol. The largest absolute Gasteiger partial charge is 0.489 e. The van der Waals surface area contributed by atoms with E-state index in [2.05, 4.69) is 104 Å². The highest BCUT2D eigenvalue weighted by atomic mass is 16.5. The third kappa shape index (κ3) is 6.11. The van der Waals surface area contributed by atoms with E-state index in [0.717, 1.165) is 63.7 Å². The fourth-order valence-electron chi connectivity index (χ4n) is 11.3. The predicted octanol–water partition coefficient (Wildman–Crippen LogP) is 11.0. The molecule has 0 saturated carbocycles. The molecule has 10 rings (SSSR count). The molecule has 2 aromatic rings. The van der Waals surface area contributed by atoms with E-state index in [9.17, 15) is 0 Å². The quantitative estimate of drug-likeness (QED) is 0.280. The van der Waals surface area contributed by atoms with Crippen molar-refractivity contribution in [1.82, 2.24) is 0 Å². The van der Waals surface area contributed by atoms with Crippen LogP contribution in [0.4, 0.5) is 5.69 Å². The van der Waals surface area contributed by atoms with Crippen LogP contribution >= 0.6 is 0 Å². The molecular formula is C50H57NO2. The number of hydrogen-bond donors (Lipinski definition) is 0. The van der Waals surface area contributed by atoms with Gasteiger partial charge in [0.15, 0.2) is 0 Å². The first-order chi connectivity index (χ1) is 26.1. The van der Waals surface area contributed by atoms with Gasteiger partial charge in [-0.05, 0) is 143 Å². The summed E-state index contributed by atoms with van der Waals surface area (Å²) in [5, 5.41) is 1.43. The molecule has 7 aliphatic carbocycles. The van der Waals surface area contributed by atoms with Gasteiger partial charge in [-0.25, -0.2) is 0 Å². The molecule has 7 atom stereocenters. The van der Waals surface area contributed by atoms with Crippen LogP contribution in [0.3, 0.4) is 0 Å². The molecule has 1 aromatic carbocycles. The molecule has 7 unspecified atom stereocenters. The van der Waals surface area contributed by atoms with Gasteiger partial charge in [0.1, 0.15) is 23.0 Å². The van der Waals surface area contributed by atoms with Gasteiger partial charge in [-0.3, -0.25) is 0 Å². The lowest BCUT2D eigenvalue weighted by Crippen LogP contribution is -2.38. The summed E-state index contributed by atoms with van der Waals surface area (Å²) in [6.07, 6.45) is 42.7. The second-order valence-corrected chi connectivity index (χ2v) is 17.5. The zero-order valence-electron chi connectivity index (χ0n) is 32.0. The highest BCUT2D eigenvalue weighted by Crippen LogP contribution is 2.47. The van der Waals surface area contributed by atoms with Gasteiger partial charge < -0.3 is 14.1 Å². The number of benzene rings is 1. The number of nitrogens with zero attached hydrogens (tertiary/aromatic N) is 1. The van der Waals surface area contributed by atoms with Crippen molar-refractivity contribution >= 4 is 22.9 Å². The Kier molecular flexibility index (Phi) is 8.88. The number of aryl methyl sites for hydroxylation is 1. The first kappa shape index (κ1) is 33.6. The molecule has 0 saturated heterocycles. The zero-order valence-corrected chi connectivity index (χ0v) is 32.0. The van der Waals surface area contributed by atoms with E-state index < -0.39 is 0 Å². The number of hydrogen-bond acceptors (Lipinski definition) is 3. The maximum Gasteiger partial charge on any atom is 0.134 e. The first-order valence-corrected chi connectivity index (χ1v) is 21.3. The standard InChI is InChI=1S/C50H57NO2/c1-32-11-7-12-35(29-32)36-13-8-14-38(31-36)51(37-25-23-34(24-26-37)41-17-9-19-45-42-15-3-5-21-47(42)52-49(41)45)39-27-28-40(33(2)30-39)44-18-10-20-46-43-16-4-6-22-48(43)53-50(44)46/h3,7,12-13,15,17,20,23-28,30,32-33,35,38,40,42,47H,4-6,8-11,14,16,18-19,21-22,29,31H2,1-2H3. The Morgan fingerprint density at radius 3 is 2.53 bits per heavy atom. The fourth-order valence-corrected chi connectivity index (χ4v) is 11.3. The van der Waals surface area contributed by atoms with Crippen molar-refractivity contribution in [3.05, 3.63) is 129 Å². The van der Waals surface area contributed by atoms with Crippen molar-refractivity contribution < 1.29 is 9.15 Å². The van der Waals surface area contributed by atoms with Crippen molar-refractivity contribution in [2.24, 2.45) is 29.6 Å². The summed E-state index contributed by atoms with van der Waals surface area (Å²) >= 11 is 0. The molecule has 2 heterocycles. The molecule has 3 heteroatoms. The van der Waals surface area contributed by atoms with E-state index in [0.29, 0.717) is 35.8 Å². The SMILES string of the molecule is CC1CC=CC(C2=CCCC(N(C3=CC(C)C(C4=c5oc6c(c5=CCC4)CCCC6)C=C3)c3ccc(C4=CCCC5=C4OC4CCC=CC54)cc3)C2)C1. The Hall–Kier alpha value is -3.98. The number of ether oxygens (including phenoxy) is 1. The van der Waals surface area contributed by atoms with Gasteiger partial charge in [0.05, 0.1) is 0 Å². The fraction of sp³-hybridized carbons (Fsp3) is 0.480.